The second kappa shape index (κ2) is 7.04. The molecule has 2 aromatic rings. The minimum atomic E-state index is -0.386. The largest absolute Gasteiger partial charge is 0.310 e. The predicted octanol–water partition coefficient (Wildman–Crippen LogP) is 2.23. The first-order valence-corrected chi connectivity index (χ1v) is 8.48. The second-order valence-electron chi connectivity index (χ2n) is 6.93. The molecule has 7 heteroatoms. The Morgan fingerprint density at radius 3 is 2.96 bits per heavy atom. The van der Waals surface area contributed by atoms with Crippen LogP contribution in [0.5, 0.6) is 0 Å². The van der Waals surface area contributed by atoms with Crippen molar-refractivity contribution in [2.45, 2.75) is 33.7 Å². The summed E-state index contributed by atoms with van der Waals surface area (Å²) < 4.78 is 1.83. The first-order valence-electron chi connectivity index (χ1n) is 8.48. The van der Waals surface area contributed by atoms with Gasteiger partial charge in [0.05, 0.1) is 17.8 Å². The number of aryl methyl sites for hydroxylation is 1. The summed E-state index contributed by atoms with van der Waals surface area (Å²) in [6.07, 6.45) is 5.40. The van der Waals surface area contributed by atoms with Crippen molar-refractivity contribution in [2.75, 3.05) is 16.8 Å². The van der Waals surface area contributed by atoms with Gasteiger partial charge in [-0.05, 0) is 30.5 Å². The number of nitrogens with one attached hydrogen (secondary N) is 1. The summed E-state index contributed by atoms with van der Waals surface area (Å²) in [6, 6.07) is 3.67. The normalized spacial score (nSPS) is 17.4. The molecule has 0 bridgehead atoms. The number of nitrogens with zero attached hydrogens (tertiary/aromatic N) is 4. The number of hydrogen-bond donors (Lipinski definition) is 1. The van der Waals surface area contributed by atoms with Gasteiger partial charge in [0.15, 0.2) is 0 Å². The topological polar surface area (TPSA) is 80.1 Å². The lowest BCUT2D eigenvalue weighted by Crippen LogP contribution is -2.28. The third kappa shape index (κ3) is 4.04. The van der Waals surface area contributed by atoms with E-state index in [1.54, 1.807) is 17.3 Å². The number of carbonyl (C=O) groups excluding carboxylic acids is 2. The summed E-state index contributed by atoms with van der Waals surface area (Å²) in [6.45, 7) is 7.33. The molecule has 7 nitrogen and oxygen atoms in total. The Morgan fingerprint density at radius 1 is 1.44 bits per heavy atom. The van der Waals surface area contributed by atoms with Crippen LogP contribution >= 0.6 is 0 Å². The number of rotatable bonds is 5. The molecule has 0 spiro atoms. The Kier molecular flexibility index (Phi) is 4.83. The Hall–Kier alpha value is -2.70. The molecule has 0 aromatic carbocycles. The van der Waals surface area contributed by atoms with E-state index in [0.717, 1.165) is 17.8 Å². The number of hydrogen-bond acceptors (Lipinski definition) is 4. The van der Waals surface area contributed by atoms with E-state index >= 15 is 0 Å². The molecule has 2 aromatic heterocycles. The minimum absolute atomic E-state index is 0.0542. The van der Waals surface area contributed by atoms with Crippen LogP contribution in [0.25, 0.3) is 0 Å². The van der Waals surface area contributed by atoms with E-state index in [0.29, 0.717) is 18.3 Å². The van der Waals surface area contributed by atoms with Gasteiger partial charge in [0.2, 0.25) is 11.8 Å². The van der Waals surface area contributed by atoms with E-state index in [-0.39, 0.29) is 24.2 Å². The van der Waals surface area contributed by atoms with Crippen molar-refractivity contribution in [1.29, 1.82) is 0 Å². The van der Waals surface area contributed by atoms with Gasteiger partial charge in [0, 0.05) is 31.9 Å². The highest BCUT2D eigenvalue weighted by Gasteiger charge is 2.35. The first kappa shape index (κ1) is 17.1. The molecule has 132 valence electrons. The standard InChI is InChI=1S/C18H23N5O2/c1-12(2)9-22-11-15(8-20-22)23-10-14(7-17(23)24)18(25)21-16-6-13(3)4-5-19-16/h4-6,8,11-12,14H,7,9-10H2,1-3H3,(H,19,21,25)/t14-/m0/s1. The molecule has 3 heterocycles. The van der Waals surface area contributed by atoms with E-state index in [9.17, 15) is 9.59 Å². The lowest BCUT2D eigenvalue weighted by atomic mass is 10.1. The van der Waals surface area contributed by atoms with Crippen LogP contribution in [0.2, 0.25) is 0 Å². The van der Waals surface area contributed by atoms with Crippen LogP contribution in [0.1, 0.15) is 25.8 Å². The molecule has 3 rings (SSSR count). The lowest BCUT2D eigenvalue weighted by molar-refractivity contribution is -0.122. The molecular formula is C18H23N5O2. The maximum atomic E-state index is 12.4. The van der Waals surface area contributed by atoms with Crippen LogP contribution in [-0.4, -0.2) is 33.1 Å². The van der Waals surface area contributed by atoms with Gasteiger partial charge in [-0.2, -0.15) is 5.10 Å². The second-order valence-corrected chi connectivity index (χ2v) is 6.93. The van der Waals surface area contributed by atoms with Crippen molar-refractivity contribution in [1.82, 2.24) is 14.8 Å². The van der Waals surface area contributed by atoms with Crippen molar-refractivity contribution < 1.29 is 9.59 Å². The maximum Gasteiger partial charge on any atom is 0.230 e. The quantitative estimate of drug-likeness (QED) is 0.904. The van der Waals surface area contributed by atoms with Gasteiger partial charge in [0.1, 0.15) is 5.82 Å². The summed E-state index contributed by atoms with van der Waals surface area (Å²) in [4.78, 5) is 30.5. The van der Waals surface area contributed by atoms with E-state index in [1.807, 2.05) is 29.9 Å². The van der Waals surface area contributed by atoms with Crippen molar-refractivity contribution >= 4 is 23.3 Å². The number of anilines is 2. The van der Waals surface area contributed by atoms with Crippen LogP contribution in [-0.2, 0) is 16.1 Å². The van der Waals surface area contributed by atoms with Gasteiger partial charge in [-0.1, -0.05) is 13.8 Å². The lowest BCUT2D eigenvalue weighted by Gasteiger charge is -2.14. The molecule has 0 unspecified atom stereocenters. The molecule has 1 N–H and O–H groups in total. The molecular weight excluding hydrogens is 318 g/mol. The monoisotopic (exact) mass is 341 g/mol. The molecule has 0 radical (unpaired) electrons. The molecule has 1 saturated heterocycles. The SMILES string of the molecule is Cc1ccnc(NC(=O)[C@H]2CC(=O)N(c3cnn(CC(C)C)c3)C2)c1. The van der Waals surface area contributed by atoms with Crippen LogP contribution in [0, 0.1) is 18.8 Å². The average molecular weight is 341 g/mol. The Bertz CT molecular complexity index is 783. The van der Waals surface area contributed by atoms with Gasteiger partial charge in [-0.15, -0.1) is 0 Å². The Labute approximate surface area is 147 Å². The van der Waals surface area contributed by atoms with Gasteiger partial charge < -0.3 is 10.2 Å². The average Bonchev–Trinajstić information content (AvgIpc) is 3.13. The molecule has 1 aliphatic heterocycles. The van der Waals surface area contributed by atoms with Crippen molar-refractivity contribution in [3.05, 3.63) is 36.3 Å². The molecule has 1 fully saturated rings. The highest BCUT2D eigenvalue weighted by molar-refractivity contribution is 6.03. The Morgan fingerprint density at radius 2 is 2.24 bits per heavy atom. The van der Waals surface area contributed by atoms with Crippen molar-refractivity contribution in [3.8, 4) is 0 Å². The fourth-order valence-corrected chi connectivity index (χ4v) is 2.93. The molecule has 1 aliphatic rings. The zero-order valence-corrected chi connectivity index (χ0v) is 14.8. The van der Waals surface area contributed by atoms with Crippen LogP contribution in [0.3, 0.4) is 0 Å². The maximum absolute atomic E-state index is 12.4. The summed E-state index contributed by atoms with van der Waals surface area (Å²) in [5.41, 5.74) is 1.77. The van der Waals surface area contributed by atoms with Crippen LogP contribution in [0.4, 0.5) is 11.5 Å². The number of pyridine rings is 1. The van der Waals surface area contributed by atoms with Gasteiger partial charge >= 0.3 is 0 Å². The fourth-order valence-electron chi connectivity index (χ4n) is 2.93. The summed E-state index contributed by atoms with van der Waals surface area (Å²) in [5.74, 6) is 0.372. The fraction of sp³-hybridized carbons (Fsp3) is 0.444. The highest BCUT2D eigenvalue weighted by atomic mass is 16.2. The molecule has 0 aliphatic carbocycles. The Balaban J connectivity index is 1.65. The number of carbonyl (C=O) groups is 2. The zero-order valence-electron chi connectivity index (χ0n) is 14.8. The van der Waals surface area contributed by atoms with E-state index in [4.69, 9.17) is 0 Å². The number of aromatic nitrogens is 3. The van der Waals surface area contributed by atoms with E-state index in [1.165, 1.54) is 0 Å². The molecule has 0 saturated carbocycles. The summed E-state index contributed by atoms with van der Waals surface area (Å²) >= 11 is 0. The van der Waals surface area contributed by atoms with Crippen molar-refractivity contribution in [3.63, 3.8) is 0 Å². The smallest absolute Gasteiger partial charge is 0.230 e. The first-order chi connectivity index (χ1) is 11.9. The van der Waals surface area contributed by atoms with Gasteiger partial charge in [-0.25, -0.2) is 4.98 Å². The third-order valence-electron chi connectivity index (χ3n) is 4.15. The van der Waals surface area contributed by atoms with E-state index in [2.05, 4.69) is 29.2 Å². The third-order valence-corrected chi connectivity index (χ3v) is 4.15. The zero-order chi connectivity index (χ0) is 18.0. The van der Waals surface area contributed by atoms with E-state index < -0.39 is 0 Å². The van der Waals surface area contributed by atoms with Crippen LogP contribution in [0.15, 0.2) is 30.7 Å². The molecule has 25 heavy (non-hydrogen) atoms. The van der Waals surface area contributed by atoms with Crippen LogP contribution < -0.4 is 10.2 Å². The highest BCUT2D eigenvalue weighted by Crippen LogP contribution is 2.25. The molecule has 2 amide bonds. The predicted molar refractivity (Wildman–Crippen MR) is 95.1 cm³/mol. The minimum Gasteiger partial charge on any atom is -0.310 e. The summed E-state index contributed by atoms with van der Waals surface area (Å²) in [5, 5.41) is 7.09. The number of amides is 2. The van der Waals surface area contributed by atoms with Gasteiger partial charge in [0.25, 0.3) is 0 Å². The molecule has 1 atom stereocenters. The van der Waals surface area contributed by atoms with Crippen molar-refractivity contribution in [2.24, 2.45) is 11.8 Å². The van der Waals surface area contributed by atoms with Gasteiger partial charge in [-0.3, -0.25) is 14.3 Å². The summed E-state index contributed by atoms with van der Waals surface area (Å²) in [7, 11) is 0.